The number of hydrogen-bond acceptors (Lipinski definition) is 8. The number of ether oxygens (including phenoxy) is 2. The highest BCUT2D eigenvalue weighted by molar-refractivity contribution is 5.92. The van der Waals surface area contributed by atoms with Gasteiger partial charge in [-0.3, -0.25) is 9.59 Å². The van der Waals surface area contributed by atoms with Gasteiger partial charge in [-0.15, -0.1) is 0 Å². The van der Waals surface area contributed by atoms with E-state index in [9.17, 15) is 19.5 Å². The molecule has 0 fully saturated rings. The highest BCUT2D eigenvalue weighted by atomic mass is 16.5. The number of rotatable bonds is 15. The molecule has 0 aliphatic carbocycles. The lowest BCUT2D eigenvalue weighted by Gasteiger charge is -2.24. The van der Waals surface area contributed by atoms with E-state index >= 15 is 0 Å². The second kappa shape index (κ2) is 16.3. The zero-order valence-electron chi connectivity index (χ0n) is 24.0. The van der Waals surface area contributed by atoms with Gasteiger partial charge < -0.3 is 36.7 Å². The molecular formula is C32H40N4O6. The summed E-state index contributed by atoms with van der Waals surface area (Å²) in [4.78, 5) is 38.2. The molecular weight excluding hydrogens is 536 g/mol. The summed E-state index contributed by atoms with van der Waals surface area (Å²) >= 11 is 0. The van der Waals surface area contributed by atoms with Crippen molar-refractivity contribution in [2.24, 2.45) is 11.5 Å². The van der Waals surface area contributed by atoms with E-state index in [0.29, 0.717) is 13.0 Å². The summed E-state index contributed by atoms with van der Waals surface area (Å²) < 4.78 is 10.8. The van der Waals surface area contributed by atoms with E-state index < -0.39 is 42.0 Å². The van der Waals surface area contributed by atoms with E-state index in [1.165, 1.54) is 7.11 Å². The van der Waals surface area contributed by atoms with Crippen molar-refractivity contribution >= 4 is 17.8 Å². The summed E-state index contributed by atoms with van der Waals surface area (Å²) in [6.07, 6.45) is -0.676. The second-order valence-electron chi connectivity index (χ2n) is 9.99. The first kappa shape index (κ1) is 32.3. The number of benzene rings is 3. The molecule has 7 N–H and O–H groups in total. The molecule has 3 rings (SSSR count). The number of esters is 1. The van der Waals surface area contributed by atoms with E-state index in [1.54, 1.807) is 6.92 Å². The highest BCUT2D eigenvalue weighted by Gasteiger charge is 2.30. The molecule has 10 heteroatoms. The molecule has 2 amide bonds. The third kappa shape index (κ3) is 9.69. The van der Waals surface area contributed by atoms with Crippen molar-refractivity contribution < 1.29 is 29.0 Å². The fraction of sp³-hybridized carbons (Fsp3) is 0.344. The lowest BCUT2D eigenvalue weighted by atomic mass is 9.99. The average molecular weight is 577 g/mol. The molecule has 0 heterocycles. The molecule has 42 heavy (non-hydrogen) atoms. The molecule has 0 spiro atoms. The van der Waals surface area contributed by atoms with E-state index in [-0.39, 0.29) is 19.4 Å². The monoisotopic (exact) mass is 576 g/mol. The molecule has 0 aromatic heterocycles. The fourth-order valence-corrected chi connectivity index (χ4v) is 4.27. The maximum Gasteiger partial charge on any atom is 0.328 e. The van der Waals surface area contributed by atoms with Crippen molar-refractivity contribution in [3.8, 4) is 16.9 Å². The summed E-state index contributed by atoms with van der Waals surface area (Å²) in [5, 5.41) is 15.3. The van der Waals surface area contributed by atoms with E-state index in [0.717, 1.165) is 28.0 Å². The first-order valence-electron chi connectivity index (χ1n) is 13.9. The van der Waals surface area contributed by atoms with Crippen LogP contribution in [0.2, 0.25) is 0 Å². The third-order valence-electron chi connectivity index (χ3n) is 6.79. The molecule has 0 radical (unpaired) electrons. The molecule has 2 unspecified atom stereocenters. The predicted molar refractivity (Wildman–Crippen MR) is 160 cm³/mol. The molecule has 10 nitrogen and oxygen atoms in total. The lowest BCUT2D eigenvalue weighted by Crippen LogP contribution is -2.56. The van der Waals surface area contributed by atoms with Gasteiger partial charge in [-0.05, 0) is 40.8 Å². The van der Waals surface area contributed by atoms with Crippen LogP contribution in [0.4, 0.5) is 0 Å². The van der Waals surface area contributed by atoms with Gasteiger partial charge in [0.05, 0.1) is 19.3 Å². The largest absolute Gasteiger partial charge is 0.489 e. The third-order valence-corrected chi connectivity index (χ3v) is 6.79. The molecule has 0 bridgehead atoms. The Morgan fingerprint density at radius 2 is 1.52 bits per heavy atom. The van der Waals surface area contributed by atoms with Crippen molar-refractivity contribution in [3.63, 3.8) is 0 Å². The topological polar surface area (TPSA) is 166 Å². The number of amides is 2. The normalized spacial score (nSPS) is 13.7. The number of nitrogens with one attached hydrogen (secondary N) is 2. The number of carbonyl (C=O) groups is 3. The van der Waals surface area contributed by atoms with Crippen molar-refractivity contribution in [2.45, 2.75) is 57.0 Å². The van der Waals surface area contributed by atoms with Crippen LogP contribution in [0.5, 0.6) is 5.75 Å². The first-order valence-corrected chi connectivity index (χ1v) is 13.9. The van der Waals surface area contributed by atoms with Gasteiger partial charge in [-0.1, -0.05) is 73.7 Å². The summed E-state index contributed by atoms with van der Waals surface area (Å²) in [6, 6.07) is 22.2. The van der Waals surface area contributed by atoms with E-state index in [4.69, 9.17) is 20.9 Å². The second-order valence-corrected chi connectivity index (χ2v) is 9.99. The van der Waals surface area contributed by atoms with Crippen LogP contribution in [0.25, 0.3) is 11.1 Å². The summed E-state index contributed by atoms with van der Waals surface area (Å²) in [5.74, 6) is -1.10. The number of hydrogen-bond donors (Lipinski definition) is 5. The van der Waals surface area contributed by atoms with Crippen LogP contribution < -0.4 is 26.8 Å². The quantitative estimate of drug-likeness (QED) is 0.172. The smallest absolute Gasteiger partial charge is 0.328 e. The van der Waals surface area contributed by atoms with Gasteiger partial charge in [0.2, 0.25) is 11.8 Å². The Hall–Kier alpha value is -4.25. The van der Waals surface area contributed by atoms with Gasteiger partial charge in [0.25, 0.3) is 0 Å². The minimum absolute atomic E-state index is 0.104. The fourth-order valence-electron chi connectivity index (χ4n) is 4.27. The Bertz CT molecular complexity index is 1300. The molecule has 0 aliphatic heterocycles. The Morgan fingerprint density at radius 1 is 0.857 bits per heavy atom. The van der Waals surface area contributed by atoms with Gasteiger partial charge >= 0.3 is 5.97 Å². The predicted octanol–water partition coefficient (Wildman–Crippen LogP) is 2.06. The standard InChI is InChI=1S/C32H40N4O6/c1-3-27(34)30(38)35-28(18-25(37)19-33)31(39)36-29(32(40)41-2)17-22-10-7-11-24(16-22)23-12-14-26(15-13-23)42-20-21-8-5-4-6-9-21/h4-16,25,27-29,37H,3,17-20,33-34H2,1-2H3,(H,35,38)(H,36,39)/t25-,27?,28+,29?/m1/s1. The summed E-state index contributed by atoms with van der Waals surface area (Å²) in [6.45, 7) is 2.11. The number of methoxy groups -OCH3 is 1. The SMILES string of the molecule is CCC(N)C(=O)N[C@@H](C[C@@H](O)CN)C(=O)NC(Cc1cccc(-c2ccc(OCc3ccccc3)cc2)c1)C(=O)OC. The molecule has 224 valence electrons. The number of carbonyl (C=O) groups excluding carboxylic acids is 3. The lowest BCUT2D eigenvalue weighted by molar-refractivity contribution is -0.145. The maximum absolute atomic E-state index is 13.2. The molecule has 3 aromatic carbocycles. The Morgan fingerprint density at radius 3 is 2.17 bits per heavy atom. The van der Waals surface area contributed by atoms with Crippen LogP contribution in [-0.2, 0) is 32.1 Å². The van der Waals surface area contributed by atoms with Crippen LogP contribution >= 0.6 is 0 Å². The van der Waals surface area contributed by atoms with E-state index in [1.807, 2.05) is 78.9 Å². The van der Waals surface area contributed by atoms with Crippen molar-refractivity contribution in [1.29, 1.82) is 0 Å². The van der Waals surface area contributed by atoms with Gasteiger partial charge in [0.15, 0.2) is 0 Å². The van der Waals surface area contributed by atoms with Crippen molar-refractivity contribution in [1.82, 2.24) is 10.6 Å². The van der Waals surface area contributed by atoms with Crippen LogP contribution in [0.3, 0.4) is 0 Å². The molecule has 0 saturated carbocycles. The number of aliphatic hydroxyl groups is 1. The highest BCUT2D eigenvalue weighted by Crippen LogP contribution is 2.24. The van der Waals surface area contributed by atoms with Crippen LogP contribution in [0, 0.1) is 0 Å². The Labute approximate surface area is 246 Å². The van der Waals surface area contributed by atoms with Crippen LogP contribution in [0.15, 0.2) is 78.9 Å². The molecule has 3 aromatic rings. The molecule has 0 aliphatic rings. The first-order chi connectivity index (χ1) is 20.2. The van der Waals surface area contributed by atoms with Crippen LogP contribution in [-0.4, -0.2) is 60.8 Å². The minimum atomic E-state index is -1.14. The van der Waals surface area contributed by atoms with Crippen molar-refractivity contribution in [3.05, 3.63) is 90.0 Å². The average Bonchev–Trinajstić information content (AvgIpc) is 3.02. The summed E-state index contributed by atoms with van der Waals surface area (Å²) in [5.41, 5.74) is 15.0. The zero-order valence-corrected chi connectivity index (χ0v) is 24.0. The Balaban J connectivity index is 1.71. The van der Waals surface area contributed by atoms with Crippen LogP contribution in [0.1, 0.15) is 30.9 Å². The maximum atomic E-state index is 13.2. The van der Waals surface area contributed by atoms with Crippen molar-refractivity contribution in [2.75, 3.05) is 13.7 Å². The number of nitrogens with two attached hydrogens (primary N) is 2. The van der Waals surface area contributed by atoms with Gasteiger partial charge in [-0.2, -0.15) is 0 Å². The summed E-state index contributed by atoms with van der Waals surface area (Å²) in [7, 11) is 1.23. The van der Waals surface area contributed by atoms with Gasteiger partial charge in [0, 0.05) is 19.4 Å². The Kier molecular flexibility index (Phi) is 12.5. The number of aliphatic hydroxyl groups excluding tert-OH is 1. The zero-order chi connectivity index (χ0) is 30.5. The van der Waals surface area contributed by atoms with Gasteiger partial charge in [0.1, 0.15) is 24.4 Å². The molecule has 0 saturated heterocycles. The minimum Gasteiger partial charge on any atom is -0.489 e. The molecule has 4 atom stereocenters. The van der Waals surface area contributed by atoms with E-state index in [2.05, 4.69) is 10.6 Å². The van der Waals surface area contributed by atoms with Gasteiger partial charge in [-0.25, -0.2) is 4.79 Å².